The predicted molar refractivity (Wildman–Crippen MR) is 124 cm³/mol. The lowest BCUT2D eigenvalue weighted by molar-refractivity contribution is 0.0699. The fraction of sp³-hybridized carbons (Fsp3) is 0.360. The van der Waals surface area contributed by atoms with E-state index in [9.17, 15) is 13.2 Å². The molecule has 1 aliphatic heterocycles. The fourth-order valence-corrected chi connectivity index (χ4v) is 6.28. The van der Waals surface area contributed by atoms with Crippen LogP contribution in [0.1, 0.15) is 40.0 Å². The van der Waals surface area contributed by atoms with Crippen molar-refractivity contribution >= 4 is 26.8 Å². The summed E-state index contributed by atoms with van der Waals surface area (Å²) in [6.45, 7) is 3.23. The van der Waals surface area contributed by atoms with Crippen LogP contribution in [0.2, 0.25) is 0 Å². The van der Waals surface area contributed by atoms with Gasteiger partial charge in [-0.05, 0) is 68.0 Å². The average Bonchev–Trinajstić information content (AvgIpc) is 2.82. The van der Waals surface area contributed by atoms with Crippen LogP contribution in [-0.4, -0.2) is 54.7 Å². The van der Waals surface area contributed by atoms with Crippen LogP contribution >= 0.6 is 0 Å². The number of amides is 1. The lowest BCUT2D eigenvalue weighted by atomic mass is 9.92. The quantitative estimate of drug-likeness (QED) is 0.613. The normalized spacial score (nSPS) is 17.3. The molecular formula is C25H27N3O3S. The van der Waals surface area contributed by atoms with E-state index in [1.165, 1.54) is 16.3 Å². The number of sulfonamides is 1. The first-order valence-electron chi connectivity index (χ1n) is 11.2. The van der Waals surface area contributed by atoms with E-state index in [0.29, 0.717) is 36.6 Å². The Kier molecular flexibility index (Phi) is 5.47. The summed E-state index contributed by atoms with van der Waals surface area (Å²) in [5.41, 5.74) is 4.64. The van der Waals surface area contributed by atoms with Crippen molar-refractivity contribution in [3.8, 4) is 0 Å². The maximum Gasteiger partial charge on any atom is 0.254 e. The molecule has 1 amide bonds. The third-order valence-electron chi connectivity index (χ3n) is 6.56. The van der Waals surface area contributed by atoms with E-state index in [0.717, 1.165) is 41.4 Å². The van der Waals surface area contributed by atoms with Gasteiger partial charge in [0.25, 0.3) is 5.91 Å². The molecule has 166 valence electrons. The molecule has 3 aromatic rings. The van der Waals surface area contributed by atoms with Crippen LogP contribution in [0.25, 0.3) is 10.9 Å². The van der Waals surface area contributed by atoms with Crippen molar-refractivity contribution in [1.82, 2.24) is 14.2 Å². The van der Waals surface area contributed by atoms with Crippen molar-refractivity contribution in [2.45, 2.75) is 37.5 Å². The molecule has 2 aromatic carbocycles. The molecule has 0 spiro atoms. The summed E-state index contributed by atoms with van der Waals surface area (Å²) in [7, 11) is -3.57. The Morgan fingerprint density at radius 2 is 1.62 bits per heavy atom. The van der Waals surface area contributed by atoms with Crippen molar-refractivity contribution in [2.24, 2.45) is 0 Å². The van der Waals surface area contributed by atoms with E-state index in [1.807, 2.05) is 49.4 Å². The molecule has 0 N–H and O–H groups in total. The van der Waals surface area contributed by atoms with Crippen molar-refractivity contribution in [1.29, 1.82) is 0 Å². The highest BCUT2D eigenvalue weighted by molar-refractivity contribution is 7.89. The molecule has 0 bridgehead atoms. The van der Waals surface area contributed by atoms with E-state index >= 15 is 0 Å². The predicted octanol–water partition coefficient (Wildman–Crippen LogP) is 3.57. The standard InChI is InChI=1S/C25H27N3O3S/c1-18-16-23(22-8-4-5-9-24(22)26-18)25(29)27-12-14-28(15-13-27)32(30,31)21-11-10-19-6-2-3-7-20(19)17-21/h4-5,8-11,16-17H,2-3,6-7,12-15H2,1H3. The Labute approximate surface area is 188 Å². The molecule has 1 aromatic heterocycles. The summed E-state index contributed by atoms with van der Waals surface area (Å²) in [6, 6.07) is 15.0. The molecule has 32 heavy (non-hydrogen) atoms. The van der Waals surface area contributed by atoms with E-state index < -0.39 is 10.0 Å². The number of aromatic nitrogens is 1. The van der Waals surface area contributed by atoms with E-state index in [1.54, 1.807) is 11.0 Å². The summed E-state index contributed by atoms with van der Waals surface area (Å²) < 4.78 is 28.0. The topological polar surface area (TPSA) is 70.6 Å². The number of rotatable bonds is 3. The van der Waals surface area contributed by atoms with Gasteiger partial charge in [0, 0.05) is 37.3 Å². The van der Waals surface area contributed by atoms with Gasteiger partial charge in [-0.3, -0.25) is 9.78 Å². The smallest absolute Gasteiger partial charge is 0.254 e. The van der Waals surface area contributed by atoms with Crippen LogP contribution < -0.4 is 0 Å². The molecule has 2 heterocycles. The van der Waals surface area contributed by atoms with Crippen LogP contribution in [0.4, 0.5) is 0 Å². The number of fused-ring (bicyclic) bond motifs is 2. The van der Waals surface area contributed by atoms with Gasteiger partial charge in [-0.2, -0.15) is 4.31 Å². The Hall–Kier alpha value is -2.77. The molecule has 5 rings (SSSR count). The zero-order chi connectivity index (χ0) is 22.3. The number of pyridine rings is 1. The molecule has 7 heteroatoms. The molecule has 1 saturated heterocycles. The number of hydrogen-bond donors (Lipinski definition) is 0. The number of para-hydroxylation sites is 1. The first-order valence-corrected chi connectivity index (χ1v) is 12.6. The number of aryl methyl sites for hydroxylation is 3. The van der Waals surface area contributed by atoms with E-state index in [4.69, 9.17) is 0 Å². The van der Waals surface area contributed by atoms with Crippen molar-refractivity contribution in [2.75, 3.05) is 26.2 Å². The molecular weight excluding hydrogens is 422 g/mol. The number of carbonyl (C=O) groups excluding carboxylic acids is 1. The average molecular weight is 450 g/mol. The van der Waals surface area contributed by atoms with Gasteiger partial charge in [0.15, 0.2) is 0 Å². The van der Waals surface area contributed by atoms with Gasteiger partial charge in [-0.25, -0.2) is 8.42 Å². The van der Waals surface area contributed by atoms with Crippen molar-refractivity contribution in [3.63, 3.8) is 0 Å². The maximum atomic E-state index is 13.3. The van der Waals surface area contributed by atoms with Gasteiger partial charge < -0.3 is 4.90 Å². The SMILES string of the molecule is Cc1cc(C(=O)N2CCN(S(=O)(=O)c3ccc4c(c3)CCCC4)CC2)c2ccccc2n1. The molecule has 2 aliphatic rings. The van der Waals surface area contributed by atoms with Crippen molar-refractivity contribution < 1.29 is 13.2 Å². The number of piperazine rings is 1. The monoisotopic (exact) mass is 449 g/mol. The van der Waals surface area contributed by atoms with Crippen molar-refractivity contribution in [3.05, 3.63) is 70.9 Å². The lowest BCUT2D eigenvalue weighted by Crippen LogP contribution is -2.50. The second kappa shape index (κ2) is 8.30. The Morgan fingerprint density at radius 1 is 0.906 bits per heavy atom. The van der Waals surface area contributed by atoms with Crippen LogP contribution in [-0.2, 0) is 22.9 Å². The fourth-order valence-electron chi connectivity index (χ4n) is 4.81. The van der Waals surface area contributed by atoms with Crippen LogP contribution in [0.15, 0.2) is 53.4 Å². The third-order valence-corrected chi connectivity index (χ3v) is 8.45. The Morgan fingerprint density at radius 3 is 2.41 bits per heavy atom. The molecule has 1 aliphatic carbocycles. The largest absolute Gasteiger partial charge is 0.336 e. The number of carbonyl (C=O) groups is 1. The second-order valence-electron chi connectivity index (χ2n) is 8.66. The number of nitrogens with zero attached hydrogens (tertiary/aromatic N) is 3. The van der Waals surface area contributed by atoms with Crippen LogP contribution in [0.5, 0.6) is 0 Å². The summed E-state index contributed by atoms with van der Waals surface area (Å²) in [6.07, 6.45) is 4.25. The summed E-state index contributed by atoms with van der Waals surface area (Å²) in [4.78, 5) is 19.9. The molecule has 0 atom stereocenters. The number of hydrogen-bond acceptors (Lipinski definition) is 4. The van der Waals surface area contributed by atoms with Gasteiger partial charge in [-0.15, -0.1) is 0 Å². The number of benzene rings is 2. The zero-order valence-corrected chi connectivity index (χ0v) is 19.1. The summed E-state index contributed by atoms with van der Waals surface area (Å²) in [5, 5.41) is 0.826. The molecule has 0 saturated carbocycles. The van der Waals surface area contributed by atoms with Crippen LogP contribution in [0, 0.1) is 6.92 Å². The second-order valence-corrected chi connectivity index (χ2v) is 10.6. The first kappa shape index (κ1) is 21.1. The zero-order valence-electron chi connectivity index (χ0n) is 18.3. The summed E-state index contributed by atoms with van der Waals surface area (Å²) >= 11 is 0. The lowest BCUT2D eigenvalue weighted by Gasteiger charge is -2.34. The highest BCUT2D eigenvalue weighted by atomic mass is 32.2. The van der Waals surface area contributed by atoms with Gasteiger partial charge >= 0.3 is 0 Å². The highest BCUT2D eigenvalue weighted by Crippen LogP contribution is 2.27. The van der Waals surface area contributed by atoms with Gasteiger partial charge in [0.05, 0.1) is 16.0 Å². The molecule has 6 nitrogen and oxygen atoms in total. The maximum absolute atomic E-state index is 13.3. The van der Waals surface area contributed by atoms with Gasteiger partial charge in [0.2, 0.25) is 10.0 Å². The molecule has 0 unspecified atom stereocenters. The third kappa shape index (κ3) is 3.80. The minimum Gasteiger partial charge on any atom is -0.336 e. The minimum atomic E-state index is -3.57. The van der Waals surface area contributed by atoms with E-state index in [2.05, 4.69) is 4.98 Å². The summed E-state index contributed by atoms with van der Waals surface area (Å²) in [5.74, 6) is -0.0717. The van der Waals surface area contributed by atoms with E-state index in [-0.39, 0.29) is 5.91 Å². The highest BCUT2D eigenvalue weighted by Gasteiger charge is 2.31. The van der Waals surface area contributed by atoms with Crippen LogP contribution in [0.3, 0.4) is 0 Å². The molecule has 1 fully saturated rings. The van der Waals surface area contributed by atoms with Gasteiger partial charge in [0.1, 0.15) is 0 Å². The first-order chi connectivity index (χ1) is 15.4. The Bertz CT molecular complexity index is 1300. The van der Waals surface area contributed by atoms with Gasteiger partial charge in [-0.1, -0.05) is 24.3 Å². The Balaban J connectivity index is 1.34. The minimum absolute atomic E-state index is 0.0717. The molecule has 0 radical (unpaired) electrons.